The first-order valence-corrected chi connectivity index (χ1v) is 6.02. The van der Waals surface area contributed by atoms with Crippen molar-refractivity contribution >= 4 is 23.3 Å². The van der Waals surface area contributed by atoms with Crippen molar-refractivity contribution in [2.24, 2.45) is 5.73 Å². The van der Waals surface area contributed by atoms with Gasteiger partial charge in [0.05, 0.1) is 0 Å². The molecule has 6 heteroatoms. The molecule has 1 aromatic rings. The quantitative estimate of drug-likeness (QED) is 0.807. The number of rotatable bonds is 2. The molecule has 0 aliphatic carbocycles. The summed E-state index contributed by atoms with van der Waals surface area (Å²) in [5.41, 5.74) is 6.33. The van der Waals surface area contributed by atoms with E-state index < -0.39 is 0 Å². The number of hydrogen-bond donors (Lipinski definition) is 1. The highest BCUT2D eigenvalue weighted by atomic mass is 35.5. The van der Waals surface area contributed by atoms with Crippen LogP contribution in [-0.2, 0) is 4.79 Å². The lowest BCUT2D eigenvalue weighted by Gasteiger charge is -2.35. The van der Waals surface area contributed by atoms with Gasteiger partial charge in [-0.15, -0.1) is 0 Å². The van der Waals surface area contributed by atoms with E-state index in [4.69, 9.17) is 17.3 Å². The molecule has 1 saturated heterocycles. The van der Waals surface area contributed by atoms with E-state index in [1.807, 2.05) is 11.8 Å². The number of nitrogens with two attached hydrogens (primary N) is 1. The topological polar surface area (TPSA) is 72.1 Å². The molecule has 1 aliphatic heterocycles. The number of primary amides is 1. The van der Waals surface area contributed by atoms with Crippen molar-refractivity contribution in [2.75, 3.05) is 11.4 Å². The van der Waals surface area contributed by atoms with E-state index in [2.05, 4.69) is 9.97 Å². The van der Waals surface area contributed by atoms with Gasteiger partial charge in [-0.1, -0.05) is 0 Å². The molecular weight excluding hydrogens is 240 g/mol. The molecule has 2 heterocycles. The number of nitrogens with zero attached hydrogens (tertiary/aromatic N) is 3. The number of amides is 1. The van der Waals surface area contributed by atoms with Crippen molar-refractivity contribution in [2.45, 2.75) is 32.2 Å². The third-order valence-corrected chi connectivity index (χ3v) is 3.20. The molecule has 5 nitrogen and oxygen atoms in total. The Balaban J connectivity index is 2.35. The van der Waals surface area contributed by atoms with Gasteiger partial charge in [0, 0.05) is 18.3 Å². The molecule has 17 heavy (non-hydrogen) atoms. The molecular formula is C11H15ClN4O. The van der Waals surface area contributed by atoms with Crippen molar-refractivity contribution < 1.29 is 4.79 Å². The lowest BCUT2D eigenvalue weighted by molar-refractivity contribution is -0.119. The molecule has 1 aromatic heterocycles. The number of aryl methyl sites for hydroxylation is 1. The average molecular weight is 255 g/mol. The lowest BCUT2D eigenvalue weighted by Crippen LogP contribution is -2.48. The summed E-state index contributed by atoms with van der Waals surface area (Å²) in [5.74, 6) is 0.410. The van der Waals surface area contributed by atoms with E-state index in [0.717, 1.165) is 31.4 Å². The maximum atomic E-state index is 11.4. The summed E-state index contributed by atoms with van der Waals surface area (Å²) in [4.78, 5) is 21.5. The fourth-order valence-corrected chi connectivity index (χ4v) is 2.31. The van der Waals surface area contributed by atoms with Gasteiger partial charge < -0.3 is 10.6 Å². The summed E-state index contributed by atoms with van der Waals surface area (Å²) >= 11 is 5.80. The number of piperidine rings is 1. The lowest BCUT2D eigenvalue weighted by atomic mass is 10.0. The van der Waals surface area contributed by atoms with Crippen LogP contribution in [0.1, 0.15) is 24.8 Å². The summed E-state index contributed by atoms with van der Waals surface area (Å²) in [7, 11) is 0. The number of carbonyl (C=O) groups excluding carboxylic acids is 1. The van der Waals surface area contributed by atoms with Crippen LogP contribution in [0.4, 0.5) is 5.82 Å². The Morgan fingerprint density at radius 1 is 1.59 bits per heavy atom. The minimum absolute atomic E-state index is 0.194. The third kappa shape index (κ3) is 2.49. The summed E-state index contributed by atoms with van der Waals surface area (Å²) in [6.07, 6.45) is 4.49. The zero-order valence-electron chi connectivity index (χ0n) is 9.69. The largest absolute Gasteiger partial charge is 0.368 e. The summed E-state index contributed by atoms with van der Waals surface area (Å²) in [6, 6.07) is -0.284. The normalized spacial score (nSPS) is 20.4. The molecule has 2 N–H and O–H groups in total. The minimum atomic E-state index is -0.307. The highest BCUT2D eigenvalue weighted by molar-refractivity contribution is 6.28. The number of carbonyl (C=O) groups is 1. The summed E-state index contributed by atoms with van der Waals surface area (Å²) < 4.78 is 0. The van der Waals surface area contributed by atoms with Crippen molar-refractivity contribution in [1.82, 2.24) is 9.97 Å². The van der Waals surface area contributed by atoms with Gasteiger partial charge in [-0.2, -0.15) is 0 Å². The fraction of sp³-hybridized carbons (Fsp3) is 0.545. The molecule has 0 saturated carbocycles. The maximum Gasteiger partial charge on any atom is 0.240 e. The van der Waals surface area contributed by atoms with Crippen LogP contribution in [0.15, 0.2) is 6.20 Å². The van der Waals surface area contributed by atoms with Gasteiger partial charge >= 0.3 is 0 Å². The molecule has 92 valence electrons. The van der Waals surface area contributed by atoms with Gasteiger partial charge in [0.1, 0.15) is 11.9 Å². The van der Waals surface area contributed by atoms with Crippen LogP contribution in [0.25, 0.3) is 0 Å². The SMILES string of the molecule is Cc1cnc(Cl)nc1N1CCCCC1C(N)=O. The zero-order valence-corrected chi connectivity index (χ0v) is 10.4. The van der Waals surface area contributed by atoms with Crippen LogP contribution in [-0.4, -0.2) is 28.5 Å². The van der Waals surface area contributed by atoms with Crippen molar-refractivity contribution in [3.63, 3.8) is 0 Å². The molecule has 1 atom stereocenters. The Hall–Kier alpha value is -1.36. The van der Waals surface area contributed by atoms with Crippen LogP contribution in [0.3, 0.4) is 0 Å². The number of hydrogen-bond acceptors (Lipinski definition) is 4. The van der Waals surface area contributed by atoms with Gasteiger partial charge in [-0.05, 0) is 37.8 Å². The van der Waals surface area contributed by atoms with Gasteiger partial charge in [-0.25, -0.2) is 9.97 Å². The van der Waals surface area contributed by atoms with Gasteiger partial charge in [0.15, 0.2) is 0 Å². The second-order valence-electron chi connectivity index (χ2n) is 4.25. The molecule has 1 unspecified atom stereocenters. The minimum Gasteiger partial charge on any atom is -0.368 e. The van der Waals surface area contributed by atoms with Gasteiger partial charge in [0.2, 0.25) is 11.2 Å². The predicted octanol–water partition coefficient (Wildman–Crippen LogP) is 1.28. The number of halogens is 1. The van der Waals surface area contributed by atoms with Gasteiger partial charge in [0.25, 0.3) is 0 Å². The first-order chi connectivity index (χ1) is 8.09. The van der Waals surface area contributed by atoms with E-state index in [1.54, 1.807) is 6.20 Å². The molecule has 0 radical (unpaired) electrons. The summed E-state index contributed by atoms with van der Waals surface area (Å²) in [5, 5.41) is 0.194. The van der Waals surface area contributed by atoms with Crippen LogP contribution in [0.5, 0.6) is 0 Å². The Bertz CT molecular complexity index is 437. The molecule has 1 fully saturated rings. The average Bonchev–Trinajstić information content (AvgIpc) is 2.32. The van der Waals surface area contributed by atoms with Crippen molar-refractivity contribution in [3.05, 3.63) is 17.0 Å². The fourth-order valence-electron chi connectivity index (χ4n) is 2.18. The Morgan fingerprint density at radius 3 is 3.06 bits per heavy atom. The molecule has 1 aliphatic rings. The van der Waals surface area contributed by atoms with Crippen molar-refractivity contribution in [1.29, 1.82) is 0 Å². The zero-order chi connectivity index (χ0) is 12.4. The molecule has 0 aromatic carbocycles. The first kappa shape index (κ1) is 12.1. The van der Waals surface area contributed by atoms with Crippen molar-refractivity contribution in [3.8, 4) is 0 Å². The third-order valence-electron chi connectivity index (χ3n) is 3.02. The van der Waals surface area contributed by atoms with Crippen LogP contribution in [0, 0.1) is 6.92 Å². The highest BCUT2D eigenvalue weighted by Gasteiger charge is 2.29. The Labute approximate surface area is 105 Å². The second kappa shape index (κ2) is 4.87. The number of anilines is 1. The maximum absolute atomic E-state index is 11.4. The summed E-state index contributed by atoms with van der Waals surface area (Å²) in [6.45, 7) is 2.68. The van der Waals surface area contributed by atoms with E-state index >= 15 is 0 Å². The molecule has 1 amide bonds. The van der Waals surface area contributed by atoms with E-state index in [0.29, 0.717) is 5.82 Å². The van der Waals surface area contributed by atoms with E-state index in [9.17, 15) is 4.79 Å². The van der Waals surface area contributed by atoms with E-state index in [1.165, 1.54) is 0 Å². The van der Waals surface area contributed by atoms with Crippen LogP contribution >= 0.6 is 11.6 Å². The van der Waals surface area contributed by atoms with E-state index in [-0.39, 0.29) is 17.2 Å². The van der Waals surface area contributed by atoms with Gasteiger partial charge in [-0.3, -0.25) is 4.79 Å². The molecule has 0 bridgehead atoms. The number of aromatic nitrogens is 2. The highest BCUT2D eigenvalue weighted by Crippen LogP contribution is 2.26. The first-order valence-electron chi connectivity index (χ1n) is 5.64. The smallest absolute Gasteiger partial charge is 0.240 e. The Morgan fingerprint density at radius 2 is 2.35 bits per heavy atom. The predicted molar refractivity (Wildman–Crippen MR) is 66.0 cm³/mol. The Kier molecular flexibility index (Phi) is 3.47. The van der Waals surface area contributed by atoms with Crippen LogP contribution < -0.4 is 10.6 Å². The molecule has 0 spiro atoms. The van der Waals surface area contributed by atoms with Crippen LogP contribution in [0.2, 0.25) is 5.28 Å². The monoisotopic (exact) mass is 254 g/mol. The second-order valence-corrected chi connectivity index (χ2v) is 4.59. The molecule has 2 rings (SSSR count). The standard InChI is InChI=1S/C11H15ClN4O/c1-7-6-14-11(12)15-10(7)16-5-3-2-4-8(16)9(13)17/h6,8H,2-5H2,1H3,(H2,13,17).